The fourth-order valence-corrected chi connectivity index (χ4v) is 2.18. The lowest BCUT2D eigenvalue weighted by atomic mass is 10.1. The fraction of sp³-hybridized carbons (Fsp3) is 0.0667. The third-order valence-corrected chi connectivity index (χ3v) is 3.26. The van der Waals surface area contributed by atoms with Gasteiger partial charge in [0.15, 0.2) is 0 Å². The zero-order valence-electron chi connectivity index (χ0n) is 11.3. The van der Waals surface area contributed by atoms with Gasteiger partial charge in [0.25, 0.3) is 5.56 Å². The molecule has 0 aliphatic rings. The van der Waals surface area contributed by atoms with Gasteiger partial charge in [-0.15, -0.1) is 0 Å². The standard InChI is InChI=1S/C15H8F4N2O2/c16-10-6-12(22)8(5-9(10)15(17,18)19)13-20-11-4-2-1-3-7(11)14(23)21-13/h1-6,22H,(H,20,21,23). The Kier molecular flexibility index (Phi) is 3.32. The Balaban J connectivity index is 2.29. The number of alkyl halides is 3. The lowest BCUT2D eigenvalue weighted by molar-refractivity contribution is -0.139. The first kappa shape index (κ1) is 15.0. The number of para-hydroxylation sites is 1. The Hall–Kier alpha value is -2.90. The number of benzene rings is 2. The van der Waals surface area contributed by atoms with Crippen LogP contribution in [-0.4, -0.2) is 15.1 Å². The van der Waals surface area contributed by atoms with Crippen LogP contribution in [0, 0.1) is 5.82 Å². The van der Waals surface area contributed by atoms with Crippen molar-refractivity contribution in [3.05, 3.63) is 58.1 Å². The molecule has 0 fully saturated rings. The summed E-state index contributed by atoms with van der Waals surface area (Å²) in [7, 11) is 0. The molecule has 0 saturated heterocycles. The van der Waals surface area contributed by atoms with Gasteiger partial charge >= 0.3 is 6.18 Å². The lowest BCUT2D eigenvalue weighted by Gasteiger charge is -2.11. The third kappa shape index (κ3) is 2.63. The molecule has 0 bridgehead atoms. The van der Waals surface area contributed by atoms with E-state index in [1.165, 1.54) is 12.1 Å². The van der Waals surface area contributed by atoms with Crippen LogP contribution >= 0.6 is 0 Å². The SMILES string of the molecule is O=c1[nH]c(-c2cc(C(F)(F)F)c(F)cc2O)nc2ccccc12. The molecule has 3 rings (SSSR count). The molecule has 0 atom stereocenters. The molecule has 0 aliphatic carbocycles. The van der Waals surface area contributed by atoms with Gasteiger partial charge in [-0.25, -0.2) is 9.37 Å². The van der Waals surface area contributed by atoms with Crippen molar-refractivity contribution < 1.29 is 22.7 Å². The van der Waals surface area contributed by atoms with Crippen LogP contribution in [0.15, 0.2) is 41.2 Å². The number of phenols is 1. The Morgan fingerprint density at radius 3 is 2.52 bits per heavy atom. The van der Waals surface area contributed by atoms with E-state index in [4.69, 9.17) is 0 Å². The highest BCUT2D eigenvalue weighted by Gasteiger charge is 2.35. The number of aromatic amines is 1. The van der Waals surface area contributed by atoms with Gasteiger partial charge in [0.1, 0.15) is 17.4 Å². The Morgan fingerprint density at radius 1 is 1.13 bits per heavy atom. The number of hydrogen-bond donors (Lipinski definition) is 2. The fourth-order valence-electron chi connectivity index (χ4n) is 2.18. The molecule has 2 N–H and O–H groups in total. The topological polar surface area (TPSA) is 66.0 Å². The molecule has 0 unspecified atom stereocenters. The van der Waals surface area contributed by atoms with E-state index in [1.54, 1.807) is 12.1 Å². The van der Waals surface area contributed by atoms with Gasteiger partial charge in [-0.1, -0.05) is 12.1 Å². The molecule has 2 aromatic carbocycles. The molecule has 1 aromatic heterocycles. The number of halogens is 4. The van der Waals surface area contributed by atoms with E-state index in [-0.39, 0.29) is 16.7 Å². The maximum absolute atomic E-state index is 13.4. The van der Waals surface area contributed by atoms with E-state index < -0.39 is 34.4 Å². The third-order valence-electron chi connectivity index (χ3n) is 3.26. The molecule has 1 heterocycles. The van der Waals surface area contributed by atoms with Gasteiger partial charge in [-0.2, -0.15) is 13.2 Å². The molecule has 3 aromatic rings. The molecule has 118 valence electrons. The van der Waals surface area contributed by atoms with Gasteiger partial charge in [0, 0.05) is 6.07 Å². The predicted molar refractivity (Wildman–Crippen MR) is 74.4 cm³/mol. The summed E-state index contributed by atoms with van der Waals surface area (Å²) in [5.41, 5.74) is -2.31. The Morgan fingerprint density at radius 2 is 1.83 bits per heavy atom. The Labute approximate surface area is 126 Å². The van der Waals surface area contributed by atoms with Gasteiger partial charge in [-0.3, -0.25) is 4.79 Å². The molecule has 0 aliphatic heterocycles. The number of rotatable bonds is 1. The smallest absolute Gasteiger partial charge is 0.419 e. The molecule has 4 nitrogen and oxygen atoms in total. The van der Waals surface area contributed by atoms with Crippen molar-refractivity contribution in [3.8, 4) is 17.1 Å². The highest BCUT2D eigenvalue weighted by molar-refractivity contribution is 5.80. The van der Waals surface area contributed by atoms with Gasteiger partial charge in [-0.05, 0) is 18.2 Å². The summed E-state index contributed by atoms with van der Waals surface area (Å²) in [5.74, 6) is -2.65. The van der Waals surface area contributed by atoms with Crippen LogP contribution in [0.25, 0.3) is 22.3 Å². The number of fused-ring (bicyclic) bond motifs is 1. The van der Waals surface area contributed by atoms with Crippen LogP contribution in [0.2, 0.25) is 0 Å². The first-order valence-electron chi connectivity index (χ1n) is 6.36. The van der Waals surface area contributed by atoms with Crippen LogP contribution in [0.3, 0.4) is 0 Å². The zero-order valence-corrected chi connectivity index (χ0v) is 11.3. The summed E-state index contributed by atoms with van der Waals surface area (Å²) in [4.78, 5) is 18.3. The number of aromatic hydroxyl groups is 1. The first-order valence-corrected chi connectivity index (χ1v) is 6.36. The van der Waals surface area contributed by atoms with Crippen molar-refractivity contribution in [3.63, 3.8) is 0 Å². The molecule has 0 radical (unpaired) electrons. The van der Waals surface area contributed by atoms with Crippen LogP contribution in [0.1, 0.15) is 5.56 Å². The average molecular weight is 324 g/mol. The number of phenolic OH excluding ortho intramolecular Hbond substituents is 1. The second-order valence-electron chi connectivity index (χ2n) is 4.78. The van der Waals surface area contributed by atoms with Gasteiger partial charge in [0.05, 0.1) is 22.0 Å². The second-order valence-corrected chi connectivity index (χ2v) is 4.78. The van der Waals surface area contributed by atoms with Crippen LogP contribution in [0.5, 0.6) is 5.75 Å². The van der Waals surface area contributed by atoms with Crippen LogP contribution in [0.4, 0.5) is 17.6 Å². The minimum Gasteiger partial charge on any atom is -0.507 e. The van der Waals surface area contributed by atoms with Crippen LogP contribution in [-0.2, 0) is 6.18 Å². The van der Waals surface area contributed by atoms with E-state index in [0.717, 1.165) is 0 Å². The second kappa shape index (κ2) is 5.08. The molecular formula is C15H8F4N2O2. The number of H-pyrrole nitrogens is 1. The van der Waals surface area contributed by atoms with Crippen molar-refractivity contribution in [2.24, 2.45) is 0 Å². The van der Waals surface area contributed by atoms with Crippen molar-refractivity contribution in [2.45, 2.75) is 6.18 Å². The maximum atomic E-state index is 13.4. The van der Waals surface area contributed by atoms with Crippen molar-refractivity contribution in [1.82, 2.24) is 9.97 Å². The normalized spacial score (nSPS) is 11.8. The monoisotopic (exact) mass is 324 g/mol. The molecule has 8 heteroatoms. The Bertz CT molecular complexity index is 964. The van der Waals surface area contributed by atoms with E-state index >= 15 is 0 Å². The number of nitrogens with zero attached hydrogens (tertiary/aromatic N) is 1. The number of aromatic nitrogens is 2. The van der Waals surface area contributed by atoms with E-state index in [0.29, 0.717) is 12.1 Å². The highest BCUT2D eigenvalue weighted by Crippen LogP contribution is 2.37. The van der Waals surface area contributed by atoms with Gasteiger partial charge < -0.3 is 10.1 Å². The molecule has 0 saturated carbocycles. The predicted octanol–water partition coefficient (Wildman–Crippen LogP) is 3.45. The van der Waals surface area contributed by atoms with E-state index in [9.17, 15) is 27.5 Å². The van der Waals surface area contributed by atoms with Crippen molar-refractivity contribution in [2.75, 3.05) is 0 Å². The van der Waals surface area contributed by atoms with Crippen molar-refractivity contribution >= 4 is 10.9 Å². The summed E-state index contributed by atoms with van der Waals surface area (Å²) >= 11 is 0. The quantitative estimate of drug-likeness (QED) is 0.674. The number of nitrogens with one attached hydrogen (secondary N) is 1. The molecule has 0 spiro atoms. The highest BCUT2D eigenvalue weighted by atomic mass is 19.4. The molecule has 0 amide bonds. The first-order chi connectivity index (χ1) is 10.8. The largest absolute Gasteiger partial charge is 0.507 e. The maximum Gasteiger partial charge on any atom is 0.419 e. The minimum atomic E-state index is -4.94. The summed E-state index contributed by atoms with van der Waals surface area (Å²) in [6.45, 7) is 0. The molecule has 23 heavy (non-hydrogen) atoms. The lowest BCUT2D eigenvalue weighted by Crippen LogP contribution is -2.11. The minimum absolute atomic E-state index is 0.239. The van der Waals surface area contributed by atoms with Gasteiger partial charge in [0.2, 0.25) is 0 Å². The summed E-state index contributed by atoms with van der Waals surface area (Å²) in [6.07, 6.45) is -4.94. The zero-order chi connectivity index (χ0) is 16.8. The summed E-state index contributed by atoms with van der Waals surface area (Å²) < 4.78 is 51.8. The van der Waals surface area contributed by atoms with Crippen molar-refractivity contribution in [1.29, 1.82) is 0 Å². The van der Waals surface area contributed by atoms with E-state index in [2.05, 4.69) is 9.97 Å². The van der Waals surface area contributed by atoms with E-state index in [1.807, 2.05) is 0 Å². The number of hydrogen-bond acceptors (Lipinski definition) is 3. The average Bonchev–Trinajstić information content (AvgIpc) is 2.46. The summed E-state index contributed by atoms with van der Waals surface area (Å²) in [5, 5.41) is 9.97. The molecular weight excluding hydrogens is 316 g/mol. The van der Waals surface area contributed by atoms with Crippen LogP contribution < -0.4 is 5.56 Å². The summed E-state index contributed by atoms with van der Waals surface area (Å²) in [6, 6.07) is 6.96.